The molecule has 0 radical (unpaired) electrons. The average Bonchev–Trinajstić information content (AvgIpc) is 2.02. The third-order valence-corrected chi connectivity index (χ3v) is 14.2. The lowest BCUT2D eigenvalue weighted by Crippen LogP contribution is -2.52. The van der Waals surface area contributed by atoms with Gasteiger partial charge in [-0.1, -0.05) is 93.0 Å². The van der Waals surface area contributed by atoms with E-state index in [1.54, 1.807) is 0 Å². The lowest BCUT2D eigenvalue weighted by atomic mass is 10.1. The number of rotatable bonds is 5. The van der Waals surface area contributed by atoms with Crippen LogP contribution in [0.2, 0.25) is 0 Å². The van der Waals surface area contributed by atoms with Gasteiger partial charge in [-0.05, 0) is 38.3 Å². The van der Waals surface area contributed by atoms with Crippen LogP contribution in [0, 0.1) is 0 Å². The smallest absolute Gasteiger partial charge is 0.202 e. The van der Waals surface area contributed by atoms with Crippen LogP contribution < -0.4 is 0 Å². The predicted octanol–water partition coefficient (Wildman–Crippen LogP) is 5.96. The Morgan fingerprint density at radius 1 is 1.07 bits per heavy atom. The standard InChI is InChI=1S/C7H9Br7O/c1-2-3-4(8)5(9,10)6(11,12)7(13,14)15/h4,15H,2-3H2,1H3. The van der Waals surface area contributed by atoms with Gasteiger partial charge < -0.3 is 5.11 Å². The van der Waals surface area contributed by atoms with Crippen LogP contribution >= 0.6 is 112 Å². The second kappa shape index (κ2) is 6.66. The van der Waals surface area contributed by atoms with Crippen LogP contribution in [0.25, 0.3) is 0 Å². The molecule has 0 spiro atoms. The molecule has 15 heavy (non-hydrogen) atoms. The van der Waals surface area contributed by atoms with Gasteiger partial charge >= 0.3 is 0 Å². The summed E-state index contributed by atoms with van der Waals surface area (Å²) in [5, 5.41) is 9.96. The minimum absolute atomic E-state index is 0.121. The number of alkyl halides is 7. The zero-order valence-electron chi connectivity index (χ0n) is 7.58. The summed E-state index contributed by atoms with van der Waals surface area (Å²) in [4.78, 5) is 0.121. The van der Waals surface area contributed by atoms with E-state index in [0.29, 0.717) is 0 Å². The van der Waals surface area contributed by atoms with E-state index in [0.717, 1.165) is 12.8 Å². The summed E-state index contributed by atoms with van der Waals surface area (Å²) in [6.45, 7) is 2.10. The van der Waals surface area contributed by atoms with Gasteiger partial charge in [-0.15, -0.1) is 0 Å². The molecule has 0 saturated carbocycles. The topological polar surface area (TPSA) is 20.2 Å². The minimum Gasteiger partial charge on any atom is -0.368 e. The number of halogens is 7. The quantitative estimate of drug-likeness (QED) is 0.359. The van der Waals surface area contributed by atoms with Gasteiger partial charge in [0.05, 0.1) is 0 Å². The van der Waals surface area contributed by atoms with Crippen LogP contribution in [-0.2, 0) is 0 Å². The lowest BCUT2D eigenvalue weighted by Gasteiger charge is -2.42. The Balaban J connectivity index is 5.00. The van der Waals surface area contributed by atoms with Gasteiger partial charge in [0.2, 0.25) is 3.42 Å². The van der Waals surface area contributed by atoms with Crippen molar-refractivity contribution >= 4 is 112 Å². The van der Waals surface area contributed by atoms with E-state index in [2.05, 4.69) is 118 Å². The van der Waals surface area contributed by atoms with Crippen LogP contribution in [0.3, 0.4) is 0 Å². The third kappa shape index (κ3) is 4.42. The second-order valence-corrected chi connectivity index (χ2v) is 14.5. The van der Waals surface area contributed by atoms with E-state index in [1.807, 2.05) is 0 Å². The van der Waals surface area contributed by atoms with Crippen molar-refractivity contribution < 1.29 is 5.11 Å². The van der Waals surface area contributed by atoms with Crippen molar-refractivity contribution in [1.82, 2.24) is 0 Å². The fourth-order valence-corrected chi connectivity index (χ4v) is 5.52. The first kappa shape index (κ1) is 18.3. The maximum atomic E-state index is 9.96. The molecular weight excluding hydrogens is 659 g/mol. The molecule has 0 heterocycles. The number of aliphatic hydroxyl groups is 1. The van der Waals surface area contributed by atoms with E-state index in [4.69, 9.17) is 0 Å². The Bertz CT molecular complexity index is 210. The summed E-state index contributed by atoms with van der Waals surface area (Å²) in [5.41, 5.74) is 0. The van der Waals surface area contributed by atoms with Crippen molar-refractivity contribution in [2.45, 2.75) is 34.5 Å². The Hall–Kier alpha value is 3.32. The fourth-order valence-electron chi connectivity index (χ4n) is 0.832. The first-order chi connectivity index (χ1) is 6.48. The molecule has 1 unspecified atom stereocenters. The molecule has 0 aliphatic carbocycles. The van der Waals surface area contributed by atoms with Gasteiger partial charge in [-0.25, -0.2) is 0 Å². The molecule has 0 aromatic heterocycles. The normalized spacial score (nSPS) is 16.6. The molecule has 0 rings (SSSR count). The highest BCUT2D eigenvalue weighted by Crippen LogP contribution is 2.61. The van der Waals surface area contributed by atoms with E-state index in [1.165, 1.54) is 0 Å². The summed E-state index contributed by atoms with van der Waals surface area (Å²) in [5.74, 6) is 0. The molecule has 0 amide bonds. The molecule has 0 aromatic carbocycles. The van der Waals surface area contributed by atoms with Crippen LogP contribution in [0.1, 0.15) is 19.8 Å². The molecule has 0 fully saturated rings. The van der Waals surface area contributed by atoms with Crippen LogP contribution in [0.5, 0.6) is 0 Å². The molecule has 1 atom stereocenters. The summed E-state index contributed by atoms with van der Waals surface area (Å²) >= 11 is 23.9. The van der Waals surface area contributed by atoms with Gasteiger partial charge in [0.1, 0.15) is 3.23 Å². The van der Waals surface area contributed by atoms with Crippen molar-refractivity contribution in [3.05, 3.63) is 0 Å². The molecule has 1 nitrogen and oxygen atoms in total. The van der Waals surface area contributed by atoms with E-state index < -0.39 is 9.89 Å². The van der Waals surface area contributed by atoms with Crippen molar-refractivity contribution in [1.29, 1.82) is 0 Å². The van der Waals surface area contributed by atoms with Gasteiger partial charge in [0.25, 0.3) is 0 Å². The summed E-state index contributed by atoms with van der Waals surface area (Å²) < 4.78 is -2.73. The Morgan fingerprint density at radius 2 is 1.47 bits per heavy atom. The minimum atomic E-state index is -1.31. The van der Waals surface area contributed by atoms with E-state index in [9.17, 15) is 5.11 Å². The number of hydrogen-bond donors (Lipinski definition) is 1. The fraction of sp³-hybridized carbons (Fsp3) is 1.00. The third-order valence-electron chi connectivity index (χ3n) is 1.73. The largest absolute Gasteiger partial charge is 0.368 e. The molecule has 0 saturated heterocycles. The molecular formula is C7H9Br7O. The summed E-state index contributed by atoms with van der Waals surface area (Å²) in [6.07, 6.45) is 1.99. The van der Waals surface area contributed by atoms with Crippen molar-refractivity contribution in [3.8, 4) is 0 Å². The average molecular weight is 668 g/mol. The SMILES string of the molecule is CCCC(Br)C(Br)(Br)C(Br)(Br)C(O)(Br)Br. The molecule has 0 bridgehead atoms. The number of hydrogen-bond acceptors (Lipinski definition) is 1. The monoisotopic (exact) mass is 661 g/mol. The highest BCUT2D eigenvalue weighted by molar-refractivity contribution is 9.33. The van der Waals surface area contributed by atoms with Crippen molar-refractivity contribution in [2.75, 3.05) is 0 Å². The Labute approximate surface area is 149 Å². The summed E-state index contributed by atoms with van der Waals surface area (Å²) in [7, 11) is 0. The molecule has 0 aromatic rings. The molecule has 1 N–H and O–H groups in total. The first-order valence-corrected chi connectivity index (χ1v) is 9.65. The maximum absolute atomic E-state index is 9.96. The molecule has 0 aliphatic rings. The zero-order chi connectivity index (χ0) is 12.5. The van der Waals surface area contributed by atoms with Crippen molar-refractivity contribution in [3.63, 3.8) is 0 Å². The lowest BCUT2D eigenvalue weighted by molar-refractivity contribution is 0.229. The molecule has 92 valence electrons. The maximum Gasteiger partial charge on any atom is 0.202 e. The highest BCUT2D eigenvalue weighted by Gasteiger charge is 2.59. The van der Waals surface area contributed by atoms with Crippen LogP contribution in [0.15, 0.2) is 0 Å². The Kier molecular flexibility index (Phi) is 8.13. The second-order valence-electron chi connectivity index (χ2n) is 2.99. The van der Waals surface area contributed by atoms with Crippen molar-refractivity contribution in [2.24, 2.45) is 0 Å². The molecule has 8 heteroatoms. The van der Waals surface area contributed by atoms with Gasteiger partial charge in [-0.2, -0.15) is 0 Å². The Morgan fingerprint density at radius 3 is 1.73 bits per heavy atom. The van der Waals surface area contributed by atoms with Gasteiger partial charge in [0, 0.05) is 4.83 Å². The summed E-state index contributed by atoms with van der Waals surface area (Å²) in [6, 6.07) is 0. The molecule has 0 aliphatic heterocycles. The first-order valence-electron chi connectivity index (χ1n) is 3.98. The zero-order valence-corrected chi connectivity index (χ0v) is 18.7. The highest BCUT2D eigenvalue weighted by atomic mass is 79.9. The van der Waals surface area contributed by atoms with Gasteiger partial charge in [0.15, 0.2) is 3.23 Å². The van der Waals surface area contributed by atoms with Crippen LogP contribution in [0.4, 0.5) is 0 Å². The van der Waals surface area contributed by atoms with E-state index in [-0.39, 0.29) is 4.83 Å². The van der Waals surface area contributed by atoms with Gasteiger partial charge in [-0.3, -0.25) is 0 Å². The van der Waals surface area contributed by atoms with Crippen LogP contribution in [-0.4, -0.2) is 19.8 Å². The van der Waals surface area contributed by atoms with E-state index >= 15 is 0 Å². The predicted molar refractivity (Wildman–Crippen MR) is 91.6 cm³/mol.